The predicted octanol–water partition coefficient (Wildman–Crippen LogP) is 3.45. The Bertz CT molecular complexity index is 354. The van der Waals surface area contributed by atoms with Gasteiger partial charge >= 0.3 is 0 Å². The van der Waals surface area contributed by atoms with E-state index in [0.29, 0.717) is 0 Å². The van der Waals surface area contributed by atoms with E-state index >= 15 is 0 Å². The number of hydrogen-bond acceptors (Lipinski definition) is 2. The molecule has 0 fully saturated rings. The molecule has 0 saturated heterocycles. The molecule has 19 heavy (non-hydrogen) atoms. The summed E-state index contributed by atoms with van der Waals surface area (Å²) in [7, 11) is 0. The Kier molecular flexibility index (Phi) is 6.53. The third kappa shape index (κ3) is 5.75. The summed E-state index contributed by atoms with van der Waals surface area (Å²) < 4.78 is 0. The SMILES string of the molecule is CCCN(Cc1ccc(CC)cc1)CC(C)(C)CN. The molecule has 0 aromatic heterocycles. The third-order valence-electron chi connectivity index (χ3n) is 3.58. The standard InChI is InChI=1S/C17H30N2/c1-5-11-19(14-17(3,4)13-18)12-16-9-7-15(6-2)8-10-16/h7-10H,5-6,11-14,18H2,1-4H3. The Morgan fingerprint density at radius 1 is 1.05 bits per heavy atom. The molecule has 2 nitrogen and oxygen atoms in total. The quantitative estimate of drug-likeness (QED) is 0.777. The first-order chi connectivity index (χ1) is 9.00. The van der Waals surface area contributed by atoms with Crippen LogP contribution in [0.25, 0.3) is 0 Å². The zero-order valence-electron chi connectivity index (χ0n) is 13.1. The number of nitrogens with two attached hydrogens (primary N) is 1. The number of aryl methyl sites for hydroxylation is 1. The Morgan fingerprint density at radius 3 is 2.11 bits per heavy atom. The van der Waals surface area contributed by atoms with Gasteiger partial charge in [0, 0.05) is 13.1 Å². The largest absolute Gasteiger partial charge is 0.330 e. The van der Waals surface area contributed by atoms with Crippen molar-refractivity contribution < 1.29 is 0 Å². The maximum absolute atomic E-state index is 5.86. The van der Waals surface area contributed by atoms with Crippen LogP contribution in [0.2, 0.25) is 0 Å². The molecule has 0 bridgehead atoms. The summed E-state index contributed by atoms with van der Waals surface area (Å²) in [6.07, 6.45) is 2.30. The average Bonchev–Trinajstić information content (AvgIpc) is 2.39. The zero-order chi connectivity index (χ0) is 14.3. The molecule has 0 saturated carbocycles. The van der Waals surface area contributed by atoms with E-state index in [9.17, 15) is 0 Å². The van der Waals surface area contributed by atoms with E-state index in [1.165, 1.54) is 17.5 Å². The second-order valence-corrected chi connectivity index (χ2v) is 6.25. The van der Waals surface area contributed by atoms with Crippen LogP contribution in [0.1, 0.15) is 45.2 Å². The molecule has 0 atom stereocenters. The molecule has 1 aromatic carbocycles. The number of hydrogen-bond donors (Lipinski definition) is 1. The fourth-order valence-corrected chi connectivity index (χ4v) is 2.34. The molecule has 0 unspecified atom stereocenters. The van der Waals surface area contributed by atoms with Gasteiger partial charge in [0.05, 0.1) is 0 Å². The van der Waals surface area contributed by atoms with Crippen molar-refractivity contribution in [2.24, 2.45) is 11.1 Å². The van der Waals surface area contributed by atoms with Crippen molar-refractivity contribution in [2.45, 2.75) is 47.1 Å². The Hall–Kier alpha value is -0.860. The van der Waals surface area contributed by atoms with Crippen molar-refractivity contribution >= 4 is 0 Å². The van der Waals surface area contributed by atoms with E-state index in [2.05, 4.69) is 56.9 Å². The van der Waals surface area contributed by atoms with Crippen LogP contribution >= 0.6 is 0 Å². The van der Waals surface area contributed by atoms with Gasteiger partial charge in [-0.15, -0.1) is 0 Å². The summed E-state index contributed by atoms with van der Waals surface area (Å²) in [6.45, 7) is 12.9. The molecule has 0 spiro atoms. The van der Waals surface area contributed by atoms with E-state index in [1.807, 2.05) is 0 Å². The minimum absolute atomic E-state index is 0.193. The summed E-state index contributed by atoms with van der Waals surface area (Å²) in [5.74, 6) is 0. The summed E-state index contributed by atoms with van der Waals surface area (Å²) in [5, 5.41) is 0. The van der Waals surface area contributed by atoms with Crippen molar-refractivity contribution in [3.63, 3.8) is 0 Å². The number of nitrogens with zero attached hydrogens (tertiary/aromatic N) is 1. The third-order valence-corrected chi connectivity index (χ3v) is 3.58. The van der Waals surface area contributed by atoms with E-state index < -0.39 is 0 Å². The van der Waals surface area contributed by atoms with Crippen molar-refractivity contribution in [2.75, 3.05) is 19.6 Å². The highest BCUT2D eigenvalue weighted by Gasteiger charge is 2.19. The minimum Gasteiger partial charge on any atom is -0.330 e. The maximum atomic E-state index is 5.86. The van der Waals surface area contributed by atoms with Gasteiger partial charge in [0.2, 0.25) is 0 Å². The van der Waals surface area contributed by atoms with E-state index in [-0.39, 0.29) is 5.41 Å². The summed E-state index contributed by atoms with van der Waals surface area (Å²) in [4.78, 5) is 2.52. The molecule has 1 rings (SSSR count). The fourth-order valence-electron chi connectivity index (χ4n) is 2.34. The van der Waals surface area contributed by atoms with Crippen molar-refractivity contribution in [1.82, 2.24) is 4.90 Å². The van der Waals surface area contributed by atoms with Gasteiger partial charge in [-0.25, -0.2) is 0 Å². The maximum Gasteiger partial charge on any atom is 0.0233 e. The molecule has 0 aliphatic carbocycles. The van der Waals surface area contributed by atoms with Gasteiger partial charge in [0.25, 0.3) is 0 Å². The lowest BCUT2D eigenvalue weighted by atomic mass is 9.93. The van der Waals surface area contributed by atoms with Gasteiger partial charge in [-0.2, -0.15) is 0 Å². The van der Waals surface area contributed by atoms with Crippen LogP contribution in [0.15, 0.2) is 24.3 Å². The van der Waals surface area contributed by atoms with Crippen LogP contribution in [0.3, 0.4) is 0 Å². The Morgan fingerprint density at radius 2 is 1.63 bits per heavy atom. The van der Waals surface area contributed by atoms with Crippen LogP contribution in [0.4, 0.5) is 0 Å². The first-order valence-electron chi connectivity index (χ1n) is 7.51. The lowest BCUT2D eigenvalue weighted by Gasteiger charge is -2.31. The smallest absolute Gasteiger partial charge is 0.0233 e. The molecular formula is C17H30N2. The van der Waals surface area contributed by atoms with Gasteiger partial charge in [-0.3, -0.25) is 4.90 Å². The van der Waals surface area contributed by atoms with Gasteiger partial charge in [0.15, 0.2) is 0 Å². The van der Waals surface area contributed by atoms with Crippen molar-refractivity contribution in [3.8, 4) is 0 Å². The number of benzene rings is 1. The predicted molar refractivity (Wildman–Crippen MR) is 84.2 cm³/mol. The molecule has 0 aliphatic rings. The topological polar surface area (TPSA) is 29.3 Å². The Labute approximate surface area is 119 Å². The fraction of sp³-hybridized carbons (Fsp3) is 0.647. The van der Waals surface area contributed by atoms with Crippen LogP contribution in [-0.4, -0.2) is 24.5 Å². The number of rotatable bonds is 8. The van der Waals surface area contributed by atoms with Crippen LogP contribution < -0.4 is 5.73 Å². The molecule has 0 heterocycles. The molecule has 0 radical (unpaired) electrons. The molecular weight excluding hydrogens is 232 g/mol. The van der Waals surface area contributed by atoms with Gasteiger partial charge < -0.3 is 5.73 Å². The molecule has 2 N–H and O–H groups in total. The second kappa shape index (κ2) is 7.66. The van der Waals surface area contributed by atoms with Crippen LogP contribution in [0, 0.1) is 5.41 Å². The molecule has 108 valence electrons. The van der Waals surface area contributed by atoms with E-state index in [4.69, 9.17) is 5.73 Å². The van der Waals surface area contributed by atoms with Gasteiger partial charge in [-0.1, -0.05) is 52.0 Å². The van der Waals surface area contributed by atoms with Gasteiger partial charge in [-0.05, 0) is 42.5 Å². The summed E-state index contributed by atoms with van der Waals surface area (Å²) in [6, 6.07) is 9.01. The van der Waals surface area contributed by atoms with Crippen molar-refractivity contribution in [1.29, 1.82) is 0 Å². The highest BCUT2D eigenvalue weighted by Crippen LogP contribution is 2.17. The average molecular weight is 262 g/mol. The monoisotopic (exact) mass is 262 g/mol. The van der Waals surface area contributed by atoms with Crippen LogP contribution in [-0.2, 0) is 13.0 Å². The first-order valence-corrected chi connectivity index (χ1v) is 7.51. The molecule has 1 aromatic rings. The van der Waals surface area contributed by atoms with Gasteiger partial charge in [0.1, 0.15) is 0 Å². The lowest BCUT2D eigenvalue weighted by Crippen LogP contribution is -2.38. The first kappa shape index (κ1) is 16.2. The zero-order valence-corrected chi connectivity index (χ0v) is 13.1. The van der Waals surface area contributed by atoms with Crippen LogP contribution in [0.5, 0.6) is 0 Å². The molecule has 0 aliphatic heterocycles. The molecule has 2 heteroatoms. The molecule has 0 amide bonds. The second-order valence-electron chi connectivity index (χ2n) is 6.25. The normalized spacial score (nSPS) is 12.1. The Balaban J connectivity index is 2.66. The highest BCUT2D eigenvalue weighted by molar-refractivity contribution is 5.22. The highest BCUT2D eigenvalue weighted by atomic mass is 15.1. The minimum atomic E-state index is 0.193. The van der Waals surface area contributed by atoms with E-state index in [1.54, 1.807) is 0 Å². The summed E-state index contributed by atoms with van der Waals surface area (Å²) >= 11 is 0. The van der Waals surface area contributed by atoms with E-state index in [0.717, 1.165) is 32.6 Å². The van der Waals surface area contributed by atoms with Crippen molar-refractivity contribution in [3.05, 3.63) is 35.4 Å². The lowest BCUT2D eigenvalue weighted by molar-refractivity contribution is 0.176. The summed E-state index contributed by atoms with van der Waals surface area (Å²) in [5.41, 5.74) is 8.86.